The fourth-order valence-corrected chi connectivity index (χ4v) is 2.98. The quantitative estimate of drug-likeness (QED) is 0.779. The average Bonchev–Trinajstić information content (AvgIpc) is 2.49. The van der Waals surface area contributed by atoms with Gasteiger partial charge in [0.15, 0.2) is 0 Å². The highest BCUT2D eigenvalue weighted by Gasteiger charge is 2.23. The normalized spacial score (nSPS) is 20.6. The van der Waals surface area contributed by atoms with E-state index in [1.165, 1.54) is 0 Å². The summed E-state index contributed by atoms with van der Waals surface area (Å²) in [5, 5.41) is 13.8. The highest BCUT2D eigenvalue weighted by atomic mass is 79.9. The van der Waals surface area contributed by atoms with Gasteiger partial charge in [-0.25, -0.2) is 0 Å². The zero-order chi connectivity index (χ0) is 14.4. The number of aliphatic hydroxyl groups excluding tert-OH is 1. The number of rotatable bonds is 6. The maximum atomic E-state index is 10.5. The maximum Gasteiger partial charge on any atom is 0.133 e. The Bertz CT molecular complexity index is 422. The van der Waals surface area contributed by atoms with Gasteiger partial charge in [-0.15, -0.1) is 0 Å². The van der Waals surface area contributed by atoms with Crippen molar-refractivity contribution in [3.8, 4) is 5.75 Å². The number of methoxy groups -OCH3 is 1. The maximum absolute atomic E-state index is 10.5. The highest BCUT2D eigenvalue weighted by Crippen LogP contribution is 2.32. The van der Waals surface area contributed by atoms with Crippen LogP contribution in [0.1, 0.15) is 24.5 Å². The van der Waals surface area contributed by atoms with E-state index in [2.05, 4.69) is 21.2 Å². The average molecular weight is 344 g/mol. The molecule has 1 aliphatic rings. The predicted molar refractivity (Wildman–Crippen MR) is 82.1 cm³/mol. The van der Waals surface area contributed by atoms with Crippen molar-refractivity contribution in [1.82, 2.24) is 5.32 Å². The summed E-state index contributed by atoms with van der Waals surface area (Å²) < 4.78 is 11.4. The van der Waals surface area contributed by atoms with Gasteiger partial charge < -0.3 is 19.9 Å². The van der Waals surface area contributed by atoms with Crippen molar-refractivity contribution < 1.29 is 14.6 Å². The van der Waals surface area contributed by atoms with Gasteiger partial charge in [0.1, 0.15) is 12.4 Å². The molecule has 2 unspecified atom stereocenters. The van der Waals surface area contributed by atoms with Crippen molar-refractivity contribution in [3.05, 3.63) is 28.2 Å². The van der Waals surface area contributed by atoms with E-state index in [-0.39, 0.29) is 5.92 Å². The summed E-state index contributed by atoms with van der Waals surface area (Å²) in [5.74, 6) is 1.07. The molecule has 2 rings (SSSR count). The third-order valence-corrected chi connectivity index (χ3v) is 4.24. The van der Waals surface area contributed by atoms with E-state index in [9.17, 15) is 5.11 Å². The van der Waals surface area contributed by atoms with Gasteiger partial charge in [0.05, 0.1) is 17.2 Å². The molecule has 4 nitrogen and oxygen atoms in total. The summed E-state index contributed by atoms with van der Waals surface area (Å²) >= 11 is 3.50. The number of ether oxygens (including phenoxy) is 2. The summed E-state index contributed by atoms with van der Waals surface area (Å²) in [7, 11) is 1.65. The number of hydrogen-bond donors (Lipinski definition) is 2. The third-order valence-electron chi connectivity index (χ3n) is 3.62. The Kier molecular flexibility index (Phi) is 6.29. The van der Waals surface area contributed by atoms with Gasteiger partial charge in [-0.1, -0.05) is 6.07 Å². The molecule has 5 heteroatoms. The minimum absolute atomic E-state index is 0.288. The van der Waals surface area contributed by atoms with Gasteiger partial charge >= 0.3 is 0 Å². The zero-order valence-electron chi connectivity index (χ0n) is 11.8. The molecular weight excluding hydrogens is 322 g/mol. The monoisotopic (exact) mass is 343 g/mol. The van der Waals surface area contributed by atoms with E-state index >= 15 is 0 Å². The molecule has 2 N–H and O–H groups in total. The van der Waals surface area contributed by atoms with Crippen LogP contribution in [-0.2, 0) is 4.74 Å². The first-order valence-electron chi connectivity index (χ1n) is 7.02. The lowest BCUT2D eigenvalue weighted by molar-refractivity contribution is 0.0920. The number of halogens is 1. The van der Waals surface area contributed by atoms with Gasteiger partial charge in [-0.3, -0.25) is 0 Å². The van der Waals surface area contributed by atoms with Gasteiger partial charge in [-0.2, -0.15) is 0 Å². The summed E-state index contributed by atoms with van der Waals surface area (Å²) in [6.45, 7) is 3.01. The molecule has 20 heavy (non-hydrogen) atoms. The van der Waals surface area contributed by atoms with Crippen molar-refractivity contribution in [2.45, 2.75) is 18.9 Å². The summed E-state index contributed by atoms with van der Waals surface area (Å²) in [6, 6.07) is 5.78. The van der Waals surface area contributed by atoms with E-state index in [4.69, 9.17) is 9.47 Å². The van der Waals surface area contributed by atoms with Crippen LogP contribution in [0.15, 0.2) is 22.7 Å². The molecule has 1 aromatic carbocycles. The van der Waals surface area contributed by atoms with Crippen LogP contribution < -0.4 is 10.1 Å². The third kappa shape index (κ3) is 4.19. The van der Waals surface area contributed by atoms with Crippen LogP contribution in [-0.4, -0.2) is 38.5 Å². The minimum Gasteiger partial charge on any atom is -0.490 e. The van der Waals surface area contributed by atoms with E-state index < -0.39 is 6.10 Å². The molecule has 1 aromatic rings. The second-order valence-electron chi connectivity index (χ2n) is 5.08. The molecule has 0 spiro atoms. The number of piperidine rings is 1. The van der Waals surface area contributed by atoms with Crippen molar-refractivity contribution >= 4 is 15.9 Å². The molecular formula is C15H22BrNO3. The van der Waals surface area contributed by atoms with Gasteiger partial charge in [0.2, 0.25) is 0 Å². The molecule has 1 fully saturated rings. The molecule has 112 valence electrons. The standard InChI is InChI=1S/C15H22BrNO3/c1-19-7-8-20-14-5-4-11(9-13(14)16)15(18)12-3-2-6-17-10-12/h4-5,9,12,15,17-18H,2-3,6-8,10H2,1H3. The first kappa shape index (κ1) is 15.8. The zero-order valence-corrected chi connectivity index (χ0v) is 13.4. The largest absolute Gasteiger partial charge is 0.490 e. The summed E-state index contributed by atoms with van der Waals surface area (Å²) in [6.07, 6.45) is 1.77. The van der Waals surface area contributed by atoms with Crippen LogP contribution >= 0.6 is 15.9 Å². The highest BCUT2D eigenvalue weighted by molar-refractivity contribution is 9.10. The van der Waals surface area contributed by atoms with Crippen LogP contribution in [0.3, 0.4) is 0 Å². The summed E-state index contributed by atoms with van der Waals surface area (Å²) in [5.41, 5.74) is 0.935. The Balaban J connectivity index is 1.99. The molecule has 1 aliphatic heterocycles. The second kappa shape index (κ2) is 7.98. The molecule has 2 atom stereocenters. The van der Waals surface area contributed by atoms with Crippen LogP contribution in [0, 0.1) is 5.92 Å². The first-order chi connectivity index (χ1) is 9.72. The van der Waals surface area contributed by atoms with Crippen LogP contribution in [0.2, 0.25) is 0 Å². The molecule has 1 saturated heterocycles. The Labute approximate surface area is 128 Å². The molecule has 0 aliphatic carbocycles. The number of aliphatic hydroxyl groups is 1. The smallest absolute Gasteiger partial charge is 0.133 e. The van der Waals surface area contributed by atoms with Crippen molar-refractivity contribution in [1.29, 1.82) is 0 Å². The molecule has 0 amide bonds. The van der Waals surface area contributed by atoms with Crippen LogP contribution in [0.5, 0.6) is 5.75 Å². The van der Waals surface area contributed by atoms with Crippen molar-refractivity contribution in [2.24, 2.45) is 5.92 Å². The Morgan fingerprint density at radius 1 is 1.45 bits per heavy atom. The van der Waals surface area contributed by atoms with E-state index in [0.29, 0.717) is 13.2 Å². The Morgan fingerprint density at radius 3 is 2.95 bits per heavy atom. The van der Waals surface area contributed by atoms with E-state index in [0.717, 1.165) is 41.7 Å². The molecule has 1 heterocycles. The second-order valence-corrected chi connectivity index (χ2v) is 5.94. The number of nitrogens with one attached hydrogen (secondary N) is 1. The molecule has 0 saturated carbocycles. The minimum atomic E-state index is -0.424. The lowest BCUT2D eigenvalue weighted by Crippen LogP contribution is -2.33. The number of benzene rings is 1. The van der Waals surface area contributed by atoms with E-state index in [1.807, 2.05) is 18.2 Å². The first-order valence-corrected chi connectivity index (χ1v) is 7.81. The van der Waals surface area contributed by atoms with Crippen LogP contribution in [0.4, 0.5) is 0 Å². The molecule has 0 radical (unpaired) electrons. The summed E-state index contributed by atoms with van der Waals surface area (Å²) in [4.78, 5) is 0. The molecule has 0 aromatic heterocycles. The van der Waals surface area contributed by atoms with Gasteiger partial charge in [0.25, 0.3) is 0 Å². The predicted octanol–water partition coefficient (Wildman–Crippen LogP) is 2.51. The fraction of sp³-hybridized carbons (Fsp3) is 0.600. The lowest BCUT2D eigenvalue weighted by Gasteiger charge is -2.27. The van der Waals surface area contributed by atoms with Gasteiger partial charge in [-0.05, 0) is 53.0 Å². The van der Waals surface area contributed by atoms with Crippen molar-refractivity contribution in [2.75, 3.05) is 33.4 Å². The Morgan fingerprint density at radius 2 is 2.30 bits per heavy atom. The Hall–Kier alpha value is -0.620. The number of hydrogen-bond acceptors (Lipinski definition) is 4. The van der Waals surface area contributed by atoms with Gasteiger partial charge in [0, 0.05) is 19.6 Å². The lowest BCUT2D eigenvalue weighted by atomic mass is 9.89. The van der Waals surface area contributed by atoms with E-state index in [1.54, 1.807) is 7.11 Å². The molecule has 0 bridgehead atoms. The van der Waals surface area contributed by atoms with Crippen molar-refractivity contribution in [3.63, 3.8) is 0 Å². The fourth-order valence-electron chi connectivity index (χ4n) is 2.47. The SMILES string of the molecule is COCCOc1ccc(C(O)C2CCCNC2)cc1Br. The van der Waals surface area contributed by atoms with Crippen LogP contribution in [0.25, 0.3) is 0 Å². The topological polar surface area (TPSA) is 50.7 Å².